The van der Waals surface area contributed by atoms with E-state index in [0.29, 0.717) is 18.3 Å². The van der Waals surface area contributed by atoms with Crippen molar-refractivity contribution in [1.82, 2.24) is 14.1 Å². The number of hydrogen-bond donors (Lipinski definition) is 1. The molecule has 1 fully saturated rings. The van der Waals surface area contributed by atoms with Crippen LogP contribution in [0.4, 0.5) is 5.82 Å². The van der Waals surface area contributed by atoms with Gasteiger partial charge in [-0.05, 0) is 30.4 Å². The maximum absolute atomic E-state index is 13.0. The Morgan fingerprint density at radius 1 is 1.15 bits per heavy atom. The van der Waals surface area contributed by atoms with Crippen LogP contribution in [0, 0.1) is 0 Å². The number of aromatic nitrogens is 2. The smallest absolute Gasteiger partial charge is 0.244 e. The van der Waals surface area contributed by atoms with Crippen LogP contribution in [-0.2, 0) is 27.8 Å². The molecule has 0 radical (unpaired) electrons. The SMILES string of the molecule is CS(=O)(=O)N1Cc2ccccc2CC1C(=O)Nc1ccnn1C1CCCC1. The molecule has 27 heavy (non-hydrogen) atoms. The van der Waals surface area contributed by atoms with Crippen LogP contribution in [0.5, 0.6) is 0 Å². The number of anilines is 1. The van der Waals surface area contributed by atoms with Gasteiger partial charge in [-0.25, -0.2) is 13.1 Å². The third kappa shape index (κ3) is 3.64. The van der Waals surface area contributed by atoms with Gasteiger partial charge in [0.05, 0.1) is 18.5 Å². The van der Waals surface area contributed by atoms with Crippen LogP contribution in [0.3, 0.4) is 0 Å². The number of nitrogens with zero attached hydrogens (tertiary/aromatic N) is 3. The molecule has 1 aromatic carbocycles. The molecule has 7 nitrogen and oxygen atoms in total. The average molecular weight is 388 g/mol. The Labute approximate surface area is 159 Å². The van der Waals surface area contributed by atoms with Crippen molar-refractivity contribution in [2.75, 3.05) is 11.6 Å². The van der Waals surface area contributed by atoms with E-state index in [1.165, 1.54) is 17.1 Å². The molecule has 1 aliphatic heterocycles. The van der Waals surface area contributed by atoms with Crippen molar-refractivity contribution in [2.45, 2.75) is 50.7 Å². The van der Waals surface area contributed by atoms with E-state index < -0.39 is 16.1 Å². The van der Waals surface area contributed by atoms with Crippen molar-refractivity contribution in [3.63, 3.8) is 0 Å². The van der Waals surface area contributed by atoms with Gasteiger partial charge in [-0.3, -0.25) is 4.79 Å². The molecule has 2 heterocycles. The number of carbonyl (C=O) groups is 1. The minimum atomic E-state index is -3.52. The Morgan fingerprint density at radius 2 is 1.85 bits per heavy atom. The molecule has 1 atom stereocenters. The zero-order chi connectivity index (χ0) is 19.0. The number of carbonyl (C=O) groups excluding carboxylic acids is 1. The van der Waals surface area contributed by atoms with Gasteiger partial charge in [0.15, 0.2) is 0 Å². The lowest BCUT2D eigenvalue weighted by Gasteiger charge is -2.34. The first-order valence-corrected chi connectivity index (χ1v) is 11.2. The molecule has 2 aliphatic rings. The second-order valence-electron chi connectivity index (χ2n) is 7.39. The van der Waals surface area contributed by atoms with Crippen molar-refractivity contribution in [2.24, 2.45) is 0 Å². The van der Waals surface area contributed by atoms with Crippen molar-refractivity contribution in [1.29, 1.82) is 0 Å². The molecule has 8 heteroatoms. The number of benzene rings is 1. The van der Waals surface area contributed by atoms with Crippen molar-refractivity contribution >= 4 is 21.7 Å². The second-order valence-corrected chi connectivity index (χ2v) is 9.32. The summed E-state index contributed by atoms with van der Waals surface area (Å²) in [6, 6.07) is 8.99. The lowest BCUT2D eigenvalue weighted by atomic mass is 9.95. The van der Waals surface area contributed by atoms with E-state index in [0.717, 1.165) is 30.2 Å². The van der Waals surface area contributed by atoms with E-state index in [4.69, 9.17) is 0 Å². The maximum Gasteiger partial charge on any atom is 0.244 e. The van der Waals surface area contributed by atoms with Crippen LogP contribution >= 0.6 is 0 Å². The van der Waals surface area contributed by atoms with Crippen LogP contribution in [-0.4, -0.2) is 40.7 Å². The van der Waals surface area contributed by atoms with Crippen molar-refractivity contribution in [3.8, 4) is 0 Å². The van der Waals surface area contributed by atoms with Crippen LogP contribution in [0.1, 0.15) is 42.9 Å². The maximum atomic E-state index is 13.0. The van der Waals surface area contributed by atoms with E-state index in [1.807, 2.05) is 28.9 Å². The average Bonchev–Trinajstić information content (AvgIpc) is 3.31. The van der Waals surface area contributed by atoms with Gasteiger partial charge in [0.2, 0.25) is 15.9 Å². The molecule has 0 spiro atoms. The molecule has 1 aromatic heterocycles. The number of fused-ring (bicyclic) bond motifs is 1. The van der Waals surface area contributed by atoms with E-state index >= 15 is 0 Å². The molecular weight excluding hydrogens is 364 g/mol. The van der Waals surface area contributed by atoms with Gasteiger partial charge in [-0.1, -0.05) is 37.1 Å². The third-order valence-electron chi connectivity index (χ3n) is 5.53. The number of amides is 1. The van der Waals surface area contributed by atoms with Gasteiger partial charge in [-0.2, -0.15) is 9.40 Å². The Kier molecular flexibility index (Phi) is 4.77. The summed E-state index contributed by atoms with van der Waals surface area (Å²) in [5.74, 6) is 0.328. The number of sulfonamides is 1. The lowest BCUT2D eigenvalue weighted by Crippen LogP contribution is -2.50. The molecule has 2 aromatic rings. The summed E-state index contributed by atoms with van der Waals surface area (Å²) in [5, 5.41) is 7.30. The lowest BCUT2D eigenvalue weighted by molar-refractivity contribution is -0.120. The van der Waals surface area contributed by atoms with Crippen molar-refractivity contribution in [3.05, 3.63) is 47.7 Å². The fraction of sp³-hybridized carbons (Fsp3) is 0.474. The molecule has 0 bridgehead atoms. The molecule has 1 unspecified atom stereocenters. The first-order valence-electron chi connectivity index (χ1n) is 9.31. The standard InChI is InChI=1S/C19H24N4O3S/c1-27(25,26)22-13-15-7-3-2-6-14(15)12-17(22)19(24)21-18-10-11-20-23(18)16-8-4-5-9-16/h2-3,6-7,10-11,16-17H,4-5,8-9,12-13H2,1H3,(H,21,24). The summed E-state index contributed by atoms with van der Waals surface area (Å²) in [6.07, 6.45) is 7.64. The molecular formula is C19H24N4O3S. The van der Waals surface area contributed by atoms with Crippen LogP contribution < -0.4 is 5.32 Å². The number of hydrogen-bond acceptors (Lipinski definition) is 4. The summed E-state index contributed by atoms with van der Waals surface area (Å²) in [4.78, 5) is 13.0. The highest BCUT2D eigenvalue weighted by Gasteiger charge is 2.37. The third-order valence-corrected chi connectivity index (χ3v) is 6.76. The highest BCUT2D eigenvalue weighted by atomic mass is 32.2. The summed E-state index contributed by atoms with van der Waals surface area (Å²) in [5.41, 5.74) is 1.96. The van der Waals surface area contributed by atoms with E-state index in [1.54, 1.807) is 12.3 Å². The molecule has 4 rings (SSSR count). The summed E-state index contributed by atoms with van der Waals surface area (Å²) in [6.45, 7) is 0.217. The second kappa shape index (κ2) is 7.09. The first kappa shape index (κ1) is 18.2. The summed E-state index contributed by atoms with van der Waals surface area (Å²) < 4.78 is 27.8. The predicted molar refractivity (Wildman–Crippen MR) is 103 cm³/mol. The zero-order valence-electron chi connectivity index (χ0n) is 15.3. The molecule has 1 saturated carbocycles. The minimum absolute atomic E-state index is 0.217. The van der Waals surface area contributed by atoms with E-state index in [-0.39, 0.29) is 12.5 Å². The summed E-state index contributed by atoms with van der Waals surface area (Å²) >= 11 is 0. The quantitative estimate of drug-likeness (QED) is 0.871. The monoisotopic (exact) mass is 388 g/mol. The van der Waals surface area contributed by atoms with Gasteiger partial charge >= 0.3 is 0 Å². The van der Waals surface area contributed by atoms with Crippen LogP contribution in [0.25, 0.3) is 0 Å². The predicted octanol–water partition coefficient (Wildman–Crippen LogP) is 2.32. The fourth-order valence-electron chi connectivity index (χ4n) is 4.13. The Morgan fingerprint density at radius 3 is 2.56 bits per heavy atom. The molecule has 1 amide bonds. The van der Waals surface area contributed by atoms with Gasteiger partial charge in [0.25, 0.3) is 0 Å². The molecule has 1 aliphatic carbocycles. The normalized spacial score (nSPS) is 21.1. The van der Waals surface area contributed by atoms with Gasteiger partial charge in [0, 0.05) is 12.6 Å². The fourth-order valence-corrected chi connectivity index (χ4v) is 5.14. The van der Waals surface area contributed by atoms with Crippen LogP contribution in [0.2, 0.25) is 0 Å². The van der Waals surface area contributed by atoms with Crippen molar-refractivity contribution < 1.29 is 13.2 Å². The minimum Gasteiger partial charge on any atom is -0.309 e. The number of nitrogens with one attached hydrogen (secondary N) is 1. The highest BCUT2D eigenvalue weighted by Crippen LogP contribution is 2.32. The van der Waals surface area contributed by atoms with E-state index in [2.05, 4.69) is 10.4 Å². The Hall–Kier alpha value is -2.19. The summed E-state index contributed by atoms with van der Waals surface area (Å²) in [7, 11) is -3.52. The first-order chi connectivity index (χ1) is 12.9. The zero-order valence-corrected chi connectivity index (χ0v) is 16.2. The number of rotatable bonds is 4. The van der Waals surface area contributed by atoms with E-state index in [9.17, 15) is 13.2 Å². The van der Waals surface area contributed by atoms with Gasteiger partial charge < -0.3 is 5.32 Å². The topological polar surface area (TPSA) is 84.3 Å². The molecule has 0 saturated heterocycles. The van der Waals surface area contributed by atoms with Crippen LogP contribution in [0.15, 0.2) is 36.5 Å². The van der Waals surface area contributed by atoms with Gasteiger partial charge in [0.1, 0.15) is 11.9 Å². The van der Waals surface area contributed by atoms with Gasteiger partial charge in [-0.15, -0.1) is 0 Å². The molecule has 144 valence electrons. The highest BCUT2D eigenvalue weighted by molar-refractivity contribution is 7.88. The molecule has 1 N–H and O–H groups in total. The largest absolute Gasteiger partial charge is 0.309 e. The Bertz CT molecular complexity index is 947. The Balaban J connectivity index is 1.59.